The maximum Gasteiger partial charge on any atom is 0.216 e. The zero-order valence-corrected chi connectivity index (χ0v) is 11.1. The van der Waals surface area contributed by atoms with E-state index in [-0.39, 0.29) is 9.80 Å². The Labute approximate surface area is 115 Å². The van der Waals surface area contributed by atoms with E-state index < -0.39 is 9.84 Å². The fraction of sp³-hybridized carbons (Fsp3) is 0. The Hall–Kier alpha value is -2.03. The minimum Gasteiger partial charge on any atom is -0.465 e. The van der Waals surface area contributed by atoms with E-state index in [0.717, 1.165) is 0 Å². The summed E-state index contributed by atoms with van der Waals surface area (Å²) < 4.78 is 29.5. The zero-order chi connectivity index (χ0) is 13.9. The third-order valence-electron chi connectivity index (χ3n) is 2.34. The number of allylic oxidation sites excluding steroid dienone is 1. The summed E-state index contributed by atoms with van der Waals surface area (Å²) in [5.41, 5.74) is 0. The number of sulfone groups is 1. The van der Waals surface area contributed by atoms with Crippen LogP contribution in [0.1, 0.15) is 5.76 Å². The molecule has 6 heteroatoms. The van der Waals surface area contributed by atoms with Crippen LogP contribution in [0.25, 0.3) is 6.08 Å². The number of nitrogens with zero attached hydrogens (tertiary/aromatic N) is 1. The summed E-state index contributed by atoms with van der Waals surface area (Å²) in [5.74, 6) is 0.300. The third kappa shape index (κ3) is 2.87. The van der Waals surface area contributed by atoms with E-state index in [9.17, 15) is 8.42 Å². The van der Waals surface area contributed by atoms with Crippen molar-refractivity contribution < 1.29 is 12.8 Å². The SMILES string of the molecule is N#CC(=Cc1ccco1)S(=O)(=O)c1ccc(Cl)cc1. The van der Waals surface area contributed by atoms with Gasteiger partial charge in [0, 0.05) is 11.1 Å². The monoisotopic (exact) mass is 293 g/mol. The summed E-state index contributed by atoms with van der Waals surface area (Å²) in [4.78, 5) is -0.374. The molecule has 1 aromatic carbocycles. The van der Waals surface area contributed by atoms with Crippen LogP contribution in [-0.4, -0.2) is 8.42 Å². The molecule has 2 aromatic rings. The first-order valence-corrected chi connectivity index (χ1v) is 7.06. The molecular formula is C13H8ClNO3S. The van der Waals surface area contributed by atoms with Gasteiger partial charge in [-0.15, -0.1) is 0 Å². The molecule has 0 aliphatic rings. The second kappa shape index (κ2) is 5.31. The molecule has 0 saturated heterocycles. The molecule has 2 rings (SSSR count). The van der Waals surface area contributed by atoms with Crippen molar-refractivity contribution in [3.63, 3.8) is 0 Å². The fourth-order valence-electron chi connectivity index (χ4n) is 1.41. The van der Waals surface area contributed by atoms with Crippen molar-refractivity contribution in [2.75, 3.05) is 0 Å². The molecular weight excluding hydrogens is 286 g/mol. The van der Waals surface area contributed by atoms with Crippen LogP contribution in [0.5, 0.6) is 0 Å². The molecule has 1 heterocycles. The minimum absolute atomic E-state index is 0.0104. The smallest absolute Gasteiger partial charge is 0.216 e. The second-order valence-corrected chi connectivity index (χ2v) is 5.95. The number of halogens is 1. The van der Waals surface area contributed by atoms with Gasteiger partial charge in [0.15, 0.2) is 4.91 Å². The van der Waals surface area contributed by atoms with Crippen LogP contribution in [0.4, 0.5) is 0 Å². The van der Waals surface area contributed by atoms with E-state index in [4.69, 9.17) is 21.3 Å². The van der Waals surface area contributed by atoms with Crippen LogP contribution in [0, 0.1) is 11.3 Å². The molecule has 0 saturated carbocycles. The van der Waals surface area contributed by atoms with Gasteiger partial charge in [0.25, 0.3) is 0 Å². The first kappa shape index (κ1) is 13.4. The van der Waals surface area contributed by atoms with Gasteiger partial charge in [-0.2, -0.15) is 5.26 Å². The Kier molecular flexibility index (Phi) is 3.74. The van der Waals surface area contributed by atoms with Gasteiger partial charge in [-0.3, -0.25) is 0 Å². The summed E-state index contributed by atoms with van der Waals surface area (Å²) in [7, 11) is -3.86. The molecule has 96 valence electrons. The molecule has 19 heavy (non-hydrogen) atoms. The summed E-state index contributed by atoms with van der Waals surface area (Å²) in [6, 6.07) is 10.5. The van der Waals surface area contributed by atoms with Crippen molar-refractivity contribution in [2.24, 2.45) is 0 Å². The van der Waals surface area contributed by atoms with Crippen molar-refractivity contribution >= 4 is 27.5 Å². The molecule has 0 radical (unpaired) electrons. The van der Waals surface area contributed by atoms with Gasteiger partial charge in [0.05, 0.1) is 11.2 Å². The van der Waals surface area contributed by atoms with E-state index in [1.807, 2.05) is 0 Å². The van der Waals surface area contributed by atoms with Crippen LogP contribution in [0.15, 0.2) is 56.9 Å². The Morgan fingerprint density at radius 3 is 2.47 bits per heavy atom. The Balaban J connectivity index is 2.49. The number of rotatable bonds is 3. The van der Waals surface area contributed by atoms with E-state index >= 15 is 0 Å². The van der Waals surface area contributed by atoms with E-state index in [1.54, 1.807) is 18.2 Å². The molecule has 0 atom stereocenters. The Morgan fingerprint density at radius 1 is 1.26 bits per heavy atom. The van der Waals surface area contributed by atoms with Crippen molar-refractivity contribution in [2.45, 2.75) is 4.90 Å². The maximum atomic E-state index is 12.2. The van der Waals surface area contributed by atoms with Gasteiger partial charge < -0.3 is 4.42 Å². The lowest BCUT2D eigenvalue weighted by molar-refractivity contribution is 0.556. The Bertz CT molecular complexity index is 738. The highest BCUT2D eigenvalue weighted by molar-refractivity contribution is 7.95. The van der Waals surface area contributed by atoms with E-state index in [0.29, 0.717) is 10.8 Å². The van der Waals surface area contributed by atoms with Crippen LogP contribution in [0.3, 0.4) is 0 Å². The molecule has 0 bridgehead atoms. The van der Waals surface area contributed by atoms with Gasteiger partial charge in [-0.05, 0) is 36.4 Å². The standard InChI is InChI=1S/C13H8ClNO3S/c14-10-3-5-12(6-4-10)19(16,17)13(9-15)8-11-2-1-7-18-11/h1-8H. The van der Waals surface area contributed by atoms with Crippen molar-refractivity contribution in [3.05, 3.63) is 58.3 Å². The number of benzene rings is 1. The molecule has 1 aromatic heterocycles. The summed E-state index contributed by atoms with van der Waals surface area (Å²) in [6.07, 6.45) is 2.58. The summed E-state index contributed by atoms with van der Waals surface area (Å²) >= 11 is 5.70. The lowest BCUT2D eigenvalue weighted by Gasteiger charge is -2.02. The third-order valence-corrected chi connectivity index (χ3v) is 4.27. The predicted molar refractivity (Wildman–Crippen MR) is 70.9 cm³/mol. The molecule has 0 amide bonds. The molecule has 0 fully saturated rings. The van der Waals surface area contributed by atoms with Gasteiger partial charge in [-0.25, -0.2) is 8.42 Å². The number of furan rings is 1. The topological polar surface area (TPSA) is 71.1 Å². The number of hydrogen-bond donors (Lipinski definition) is 0. The zero-order valence-electron chi connectivity index (χ0n) is 9.58. The highest BCUT2D eigenvalue weighted by Gasteiger charge is 2.21. The largest absolute Gasteiger partial charge is 0.465 e. The van der Waals surface area contributed by atoms with Gasteiger partial charge in [-0.1, -0.05) is 11.6 Å². The van der Waals surface area contributed by atoms with Gasteiger partial charge >= 0.3 is 0 Å². The van der Waals surface area contributed by atoms with Crippen molar-refractivity contribution in [3.8, 4) is 6.07 Å². The molecule has 0 aliphatic heterocycles. The van der Waals surface area contributed by atoms with Crippen LogP contribution in [0.2, 0.25) is 5.02 Å². The average Bonchev–Trinajstić information content (AvgIpc) is 2.89. The van der Waals surface area contributed by atoms with E-state index in [2.05, 4.69) is 0 Å². The fourth-order valence-corrected chi connectivity index (χ4v) is 2.68. The molecule has 0 N–H and O–H groups in total. The van der Waals surface area contributed by atoms with Crippen molar-refractivity contribution in [1.29, 1.82) is 5.26 Å². The van der Waals surface area contributed by atoms with E-state index in [1.165, 1.54) is 36.6 Å². The summed E-state index contributed by atoms with van der Waals surface area (Å²) in [5, 5.41) is 9.43. The first-order chi connectivity index (χ1) is 9.04. The highest BCUT2D eigenvalue weighted by atomic mass is 35.5. The number of hydrogen-bond acceptors (Lipinski definition) is 4. The quantitative estimate of drug-likeness (QED) is 0.814. The van der Waals surface area contributed by atoms with Crippen LogP contribution >= 0.6 is 11.6 Å². The normalized spacial score (nSPS) is 12.1. The molecule has 0 spiro atoms. The van der Waals surface area contributed by atoms with Gasteiger partial charge in [0.1, 0.15) is 11.8 Å². The molecule has 0 unspecified atom stereocenters. The van der Waals surface area contributed by atoms with Gasteiger partial charge in [0.2, 0.25) is 9.84 Å². The molecule has 4 nitrogen and oxygen atoms in total. The predicted octanol–water partition coefficient (Wildman–Crippen LogP) is 3.27. The van der Waals surface area contributed by atoms with Crippen LogP contribution < -0.4 is 0 Å². The molecule has 0 aliphatic carbocycles. The maximum absolute atomic E-state index is 12.2. The van der Waals surface area contributed by atoms with Crippen molar-refractivity contribution in [1.82, 2.24) is 0 Å². The highest BCUT2D eigenvalue weighted by Crippen LogP contribution is 2.22. The Morgan fingerprint density at radius 2 is 1.95 bits per heavy atom. The average molecular weight is 294 g/mol. The van der Waals surface area contributed by atoms with Crippen LogP contribution in [-0.2, 0) is 9.84 Å². The first-order valence-electron chi connectivity index (χ1n) is 5.20. The lowest BCUT2D eigenvalue weighted by Crippen LogP contribution is -2.03. The number of nitriles is 1. The lowest BCUT2D eigenvalue weighted by atomic mass is 10.4. The minimum atomic E-state index is -3.86. The summed E-state index contributed by atoms with van der Waals surface area (Å²) in [6.45, 7) is 0. The second-order valence-electron chi connectivity index (χ2n) is 3.59.